The predicted molar refractivity (Wildman–Crippen MR) is 68.1 cm³/mol. The summed E-state index contributed by atoms with van der Waals surface area (Å²) in [4.78, 5) is 2.68. The Labute approximate surface area is 96.2 Å². The molecule has 1 heteroatoms. The molecule has 0 aliphatic carbocycles. The molecule has 1 nitrogen and oxygen atoms in total. The van der Waals surface area contributed by atoms with Crippen LogP contribution in [-0.4, -0.2) is 24.5 Å². The fourth-order valence-corrected chi connectivity index (χ4v) is 3.21. The van der Waals surface area contributed by atoms with Gasteiger partial charge < -0.3 is 4.90 Å². The molecule has 0 N–H and O–H groups in total. The predicted octanol–water partition coefficient (Wildman–Crippen LogP) is 3.79. The zero-order chi connectivity index (χ0) is 11.5. The third-order valence-corrected chi connectivity index (χ3v) is 3.35. The van der Waals surface area contributed by atoms with Gasteiger partial charge in [0, 0.05) is 13.1 Å². The number of nitrogens with zero attached hydrogens (tertiary/aromatic N) is 1. The lowest BCUT2D eigenvalue weighted by molar-refractivity contribution is 0.113. The number of likely N-dealkylation sites (tertiary alicyclic amines) is 1. The Morgan fingerprint density at radius 2 is 2.00 bits per heavy atom. The second kappa shape index (κ2) is 5.34. The molecule has 1 unspecified atom stereocenters. The smallest absolute Gasteiger partial charge is 0.00329 e. The first-order valence-corrected chi connectivity index (χ1v) is 6.61. The summed E-state index contributed by atoms with van der Waals surface area (Å²) >= 11 is 0. The largest absolute Gasteiger partial charge is 0.303 e. The van der Waals surface area contributed by atoms with Crippen LogP contribution < -0.4 is 0 Å². The monoisotopic (exact) mass is 211 g/mol. The third-order valence-electron chi connectivity index (χ3n) is 3.35. The van der Waals surface area contributed by atoms with Gasteiger partial charge in [0.05, 0.1) is 0 Å². The van der Waals surface area contributed by atoms with Crippen molar-refractivity contribution in [1.82, 2.24) is 4.90 Å². The molecule has 1 atom stereocenters. The van der Waals surface area contributed by atoms with Crippen LogP contribution in [0.1, 0.15) is 53.9 Å². The molecule has 0 amide bonds. The quantitative estimate of drug-likeness (QED) is 0.684. The van der Waals surface area contributed by atoms with E-state index in [2.05, 4.69) is 39.5 Å². The van der Waals surface area contributed by atoms with Gasteiger partial charge in [-0.2, -0.15) is 0 Å². The molecule has 1 saturated heterocycles. The van der Waals surface area contributed by atoms with Crippen molar-refractivity contribution in [2.45, 2.75) is 53.9 Å². The molecule has 0 radical (unpaired) electrons. The van der Waals surface area contributed by atoms with Crippen LogP contribution in [-0.2, 0) is 0 Å². The highest BCUT2D eigenvalue weighted by atomic mass is 15.1. The van der Waals surface area contributed by atoms with Gasteiger partial charge in [0.2, 0.25) is 0 Å². The van der Waals surface area contributed by atoms with Crippen molar-refractivity contribution >= 4 is 0 Å². The summed E-state index contributed by atoms with van der Waals surface area (Å²) in [5, 5.41) is 0. The summed E-state index contributed by atoms with van der Waals surface area (Å²) in [5.74, 6) is 1.73. The fraction of sp³-hybridized carbons (Fsp3) is 1.00. The maximum absolute atomic E-state index is 2.68. The minimum Gasteiger partial charge on any atom is -0.303 e. The Hall–Kier alpha value is -0.0400. The molecule has 1 aliphatic rings. The first-order valence-electron chi connectivity index (χ1n) is 6.61. The Bertz CT molecular complexity index is 184. The molecule has 0 bridgehead atoms. The second-order valence-electron chi connectivity index (χ2n) is 6.74. The van der Waals surface area contributed by atoms with Gasteiger partial charge in [-0.25, -0.2) is 0 Å². The maximum Gasteiger partial charge on any atom is 0.00329 e. The molecular formula is C14H29N. The molecule has 1 fully saturated rings. The van der Waals surface area contributed by atoms with Crippen molar-refractivity contribution in [1.29, 1.82) is 0 Å². The van der Waals surface area contributed by atoms with E-state index in [9.17, 15) is 0 Å². The summed E-state index contributed by atoms with van der Waals surface area (Å²) < 4.78 is 0. The van der Waals surface area contributed by atoms with Crippen LogP contribution in [0.5, 0.6) is 0 Å². The van der Waals surface area contributed by atoms with Gasteiger partial charge in [-0.1, -0.05) is 34.6 Å². The lowest BCUT2D eigenvalue weighted by atomic mass is 9.83. The zero-order valence-corrected chi connectivity index (χ0v) is 11.3. The molecule has 15 heavy (non-hydrogen) atoms. The van der Waals surface area contributed by atoms with Crippen LogP contribution >= 0.6 is 0 Å². The molecule has 0 spiro atoms. The molecule has 0 aromatic heterocycles. The lowest BCUT2D eigenvalue weighted by Crippen LogP contribution is -2.41. The average Bonchev–Trinajstić information content (AvgIpc) is 1.99. The fourth-order valence-electron chi connectivity index (χ4n) is 3.21. The van der Waals surface area contributed by atoms with E-state index in [0.29, 0.717) is 5.41 Å². The number of rotatable bonds is 4. The van der Waals surface area contributed by atoms with Gasteiger partial charge >= 0.3 is 0 Å². The van der Waals surface area contributed by atoms with Gasteiger partial charge in [-0.3, -0.25) is 0 Å². The summed E-state index contributed by atoms with van der Waals surface area (Å²) in [6.45, 7) is 15.8. The summed E-state index contributed by atoms with van der Waals surface area (Å²) in [6.07, 6.45) is 4.18. The highest BCUT2D eigenvalue weighted by molar-refractivity contribution is 4.78. The zero-order valence-electron chi connectivity index (χ0n) is 11.3. The normalized spacial score (nSPS) is 24.8. The van der Waals surface area contributed by atoms with Crippen molar-refractivity contribution in [3.05, 3.63) is 0 Å². The molecule has 1 rings (SSSR count). The van der Waals surface area contributed by atoms with Gasteiger partial charge in [0.1, 0.15) is 0 Å². The van der Waals surface area contributed by atoms with Gasteiger partial charge in [0.25, 0.3) is 0 Å². The maximum atomic E-state index is 2.68. The molecule has 1 aliphatic heterocycles. The van der Waals surface area contributed by atoms with Crippen LogP contribution in [0, 0.1) is 17.3 Å². The van der Waals surface area contributed by atoms with Crippen LogP contribution in [0.4, 0.5) is 0 Å². The van der Waals surface area contributed by atoms with E-state index in [-0.39, 0.29) is 0 Å². The van der Waals surface area contributed by atoms with Gasteiger partial charge in [0.15, 0.2) is 0 Å². The van der Waals surface area contributed by atoms with Crippen LogP contribution in [0.2, 0.25) is 0 Å². The van der Waals surface area contributed by atoms with E-state index in [4.69, 9.17) is 0 Å². The van der Waals surface area contributed by atoms with Crippen molar-refractivity contribution in [2.75, 3.05) is 19.6 Å². The SMILES string of the molecule is CC(C)CC(C)(C)CN1CCCC(C)C1. The Kier molecular flexibility index (Phi) is 4.64. The van der Waals surface area contributed by atoms with E-state index in [1.165, 1.54) is 38.9 Å². The van der Waals surface area contributed by atoms with Gasteiger partial charge in [-0.15, -0.1) is 0 Å². The molecular weight excluding hydrogens is 182 g/mol. The van der Waals surface area contributed by atoms with E-state index in [1.807, 2.05) is 0 Å². The van der Waals surface area contributed by atoms with Crippen molar-refractivity contribution < 1.29 is 0 Å². The highest BCUT2D eigenvalue weighted by Crippen LogP contribution is 2.28. The molecule has 0 saturated carbocycles. The summed E-state index contributed by atoms with van der Waals surface area (Å²) in [7, 11) is 0. The Balaban J connectivity index is 2.38. The summed E-state index contributed by atoms with van der Waals surface area (Å²) in [5.41, 5.74) is 0.491. The van der Waals surface area contributed by atoms with Crippen molar-refractivity contribution in [3.63, 3.8) is 0 Å². The molecule has 0 aromatic carbocycles. The molecule has 0 aromatic rings. The van der Waals surface area contributed by atoms with Crippen molar-refractivity contribution in [3.8, 4) is 0 Å². The average molecular weight is 211 g/mol. The molecule has 1 heterocycles. The van der Waals surface area contributed by atoms with E-state index in [1.54, 1.807) is 0 Å². The lowest BCUT2D eigenvalue weighted by Gasteiger charge is -2.38. The summed E-state index contributed by atoms with van der Waals surface area (Å²) in [6, 6.07) is 0. The molecule has 90 valence electrons. The van der Waals surface area contributed by atoms with E-state index in [0.717, 1.165) is 11.8 Å². The first kappa shape index (κ1) is 13.0. The Morgan fingerprint density at radius 3 is 2.53 bits per heavy atom. The minimum atomic E-state index is 0.491. The number of hydrogen-bond donors (Lipinski definition) is 0. The van der Waals surface area contributed by atoms with Crippen molar-refractivity contribution in [2.24, 2.45) is 17.3 Å². The number of piperidine rings is 1. The van der Waals surface area contributed by atoms with E-state index >= 15 is 0 Å². The van der Waals surface area contributed by atoms with Crippen LogP contribution in [0.15, 0.2) is 0 Å². The highest BCUT2D eigenvalue weighted by Gasteiger charge is 2.25. The Morgan fingerprint density at radius 1 is 1.33 bits per heavy atom. The second-order valence-corrected chi connectivity index (χ2v) is 6.74. The third kappa shape index (κ3) is 5.01. The minimum absolute atomic E-state index is 0.491. The topological polar surface area (TPSA) is 3.24 Å². The van der Waals surface area contributed by atoms with Crippen LogP contribution in [0.3, 0.4) is 0 Å². The van der Waals surface area contributed by atoms with E-state index < -0.39 is 0 Å². The van der Waals surface area contributed by atoms with Gasteiger partial charge in [-0.05, 0) is 43.1 Å². The van der Waals surface area contributed by atoms with Crippen LogP contribution in [0.25, 0.3) is 0 Å². The number of hydrogen-bond acceptors (Lipinski definition) is 1. The standard InChI is InChI=1S/C14H29N/c1-12(2)9-14(4,5)11-15-8-6-7-13(3)10-15/h12-13H,6-11H2,1-5H3. The first-order chi connectivity index (χ1) is 6.89.